The zero-order chi connectivity index (χ0) is 13.8. The molecular weight excluding hydrogens is 268 g/mol. The van der Waals surface area contributed by atoms with Crippen LogP contribution in [0.15, 0.2) is 35.8 Å². The van der Waals surface area contributed by atoms with E-state index in [1.165, 1.54) is 10.6 Å². The van der Waals surface area contributed by atoms with Crippen molar-refractivity contribution >= 4 is 11.3 Å². The minimum Gasteiger partial charge on any atom is -0.493 e. The fourth-order valence-corrected chi connectivity index (χ4v) is 3.50. The van der Waals surface area contributed by atoms with E-state index in [9.17, 15) is 0 Å². The van der Waals surface area contributed by atoms with Crippen LogP contribution < -0.4 is 10.1 Å². The first kappa shape index (κ1) is 13.6. The van der Waals surface area contributed by atoms with Crippen molar-refractivity contribution in [1.29, 1.82) is 0 Å². The van der Waals surface area contributed by atoms with Gasteiger partial charge in [-0.1, -0.05) is 25.1 Å². The summed E-state index contributed by atoms with van der Waals surface area (Å²) >= 11 is 1.73. The van der Waals surface area contributed by atoms with Gasteiger partial charge in [-0.2, -0.15) is 0 Å². The summed E-state index contributed by atoms with van der Waals surface area (Å²) < 4.78 is 5.93. The lowest BCUT2D eigenvalue weighted by Crippen LogP contribution is -2.43. The number of benzene rings is 1. The highest BCUT2D eigenvalue weighted by molar-refractivity contribution is 7.09. The van der Waals surface area contributed by atoms with Crippen molar-refractivity contribution in [3.8, 4) is 5.75 Å². The normalized spacial score (nSPS) is 19.1. The largest absolute Gasteiger partial charge is 0.493 e. The van der Waals surface area contributed by atoms with E-state index >= 15 is 0 Å². The molecule has 20 heavy (non-hydrogen) atoms. The van der Waals surface area contributed by atoms with Crippen LogP contribution in [0.3, 0.4) is 0 Å². The Morgan fingerprint density at radius 1 is 1.45 bits per heavy atom. The zero-order valence-corrected chi connectivity index (χ0v) is 12.5. The van der Waals surface area contributed by atoms with E-state index < -0.39 is 0 Å². The number of likely N-dealkylation sites (N-methyl/N-ethyl adjacent to an activating group) is 1. The number of fused-ring (bicyclic) bond motifs is 1. The van der Waals surface area contributed by atoms with E-state index in [-0.39, 0.29) is 0 Å². The maximum Gasteiger partial charge on any atom is 0.122 e. The number of rotatable bonds is 5. The lowest BCUT2D eigenvalue weighted by Gasteiger charge is -2.31. The van der Waals surface area contributed by atoms with Crippen LogP contribution in [0.5, 0.6) is 5.75 Å². The van der Waals surface area contributed by atoms with Crippen molar-refractivity contribution in [2.75, 3.05) is 13.2 Å². The average Bonchev–Trinajstić information content (AvgIpc) is 2.99. The number of nitrogens with one attached hydrogen (secondary N) is 1. The smallest absolute Gasteiger partial charge is 0.122 e. The number of thiazole rings is 1. The minimum absolute atomic E-state index is 0.430. The first-order valence-electron chi connectivity index (χ1n) is 7.19. The monoisotopic (exact) mass is 288 g/mol. The fourth-order valence-electron chi connectivity index (χ4n) is 2.82. The van der Waals surface area contributed by atoms with Crippen LogP contribution >= 0.6 is 11.3 Å². The average molecular weight is 288 g/mol. The number of hydrogen-bond donors (Lipinski definition) is 1. The van der Waals surface area contributed by atoms with Crippen LogP contribution in [0.4, 0.5) is 0 Å². The summed E-state index contributed by atoms with van der Waals surface area (Å²) in [5.41, 5.74) is 1.32. The van der Waals surface area contributed by atoms with E-state index in [0.29, 0.717) is 12.0 Å². The number of ether oxygens (including phenoxy) is 1. The maximum absolute atomic E-state index is 5.93. The summed E-state index contributed by atoms with van der Waals surface area (Å²) in [4.78, 5) is 4.42. The molecule has 4 heteroatoms. The van der Waals surface area contributed by atoms with Crippen molar-refractivity contribution in [2.45, 2.75) is 25.8 Å². The molecule has 0 spiro atoms. The van der Waals surface area contributed by atoms with Crippen LogP contribution in [-0.4, -0.2) is 24.2 Å². The van der Waals surface area contributed by atoms with E-state index in [0.717, 1.165) is 31.7 Å². The summed E-state index contributed by atoms with van der Waals surface area (Å²) in [6.07, 6.45) is 3.95. The third-order valence-electron chi connectivity index (χ3n) is 3.82. The Labute approximate surface area is 124 Å². The van der Waals surface area contributed by atoms with Crippen molar-refractivity contribution in [3.63, 3.8) is 0 Å². The second-order valence-electron chi connectivity index (χ2n) is 5.18. The van der Waals surface area contributed by atoms with Gasteiger partial charge >= 0.3 is 0 Å². The Morgan fingerprint density at radius 2 is 2.35 bits per heavy atom. The maximum atomic E-state index is 5.93. The molecule has 1 aliphatic heterocycles. The van der Waals surface area contributed by atoms with Gasteiger partial charge in [-0.3, -0.25) is 0 Å². The highest BCUT2D eigenvalue weighted by Crippen LogP contribution is 2.29. The summed E-state index contributed by atoms with van der Waals surface area (Å²) in [5.74, 6) is 1.56. The van der Waals surface area contributed by atoms with Gasteiger partial charge in [-0.25, -0.2) is 4.98 Å². The fraction of sp³-hybridized carbons (Fsp3) is 0.438. The van der Waals surface area contributed by atoms with Crippen molar-refractivity contribution < 1.29 is 4.74 Å². The van der Waals surface area contributed by atoms with Crippen molar-refractivity contribution in [3.05, 3.63) is 46.4 Å². The third kappa shape index (κ3) is 3.02. The van der Waals surface area contributed by atoms with Gasteiger partial charge in [-0.15, -0.1) is 11.3 Å². The Bertz CT molecular complexity index is 541. The van der Waals surface area contributed by atoms with Crippen LogP contribution in [-0.2, 0) is 12.8 Å². The molecule has 0 radical (unpaired) electrons. The molecule has 1 aromatic heterocycles. The van der Waals surface area contributed by atoms with Crippen molar-refractivity contribution in [1.82, 2.24) is 10.3 Å². The third-order valence-corrected chi connectivity index (χ3v) is 4.62. The van der Waals surface area contributed by atoms with Gasteiger partial charge in [0.2, 0.25) is 0 Å². The quantitative estimate of drug-likeness (QED) is 0.918. The number of nitrogens with zero attached hydrogens (tertiary/aromatic N) is 1. The molecule has 2 unspecified atom stereocenters. The topological polar surface area (TPSA) is 34.2 Å². The Kier molecular flexibility index (Phi) is 4.33. The molecule has 3 rings (SSSR count). The molecular formula is C16H20N2OS. The molecule has 2 aromatic rings. The summed E-state index contributed by atoms with van der Waals surface area (Å²) in [6, 6.07) is 8.80. The van der Waals surface area contributed by atoms with E-state index in [2.05, 4.69) is 35.4 Å². The van der Waals surface area contributed by atoms with Gasteiger partial charge in [-0.05, 0) is 24.6 Å². The first-order valence-corrected chi connectivity index (χ1v) is 8.07. The summed E-state index contributed by atoms with van der Waals surface area (Å²) in [7, 11) is 0. The molecule has 0 saturated heterocycles. The summed E-state index contributed by atoms with van der Waals surface area (Å²) in [5, 5.41) is 6.86. The predicted octanol–water partition coefficient (Wildman–Crippen LogP) is 2.92. The van der Waals surface area contributed by atoms with Gasteiger partial charge in [0.15, 0.2) is 0 Å². The molecule has 1 aliphatic rings. The zero-order valence-electron chi connectivity index (χ0n) is 11.7. The Hall–Kier alpha value is -1.39. The van der Waals surface area contributed by atoms with E-state index in [4.69, 9.17) is 4.74 Å². The number of para-hydroxylation sites is 1. The highest BCUT2D eigenvalue weighted by Gasteiger charge is 2.27. The standard InChI is InChI=1S/C16H20N2OS/c1-2-17-14(10-16-18-7-8-20-16)13-9-12-5-3-4-6-15(12)19-11-13/h3-8,13-14,17H,2,9-11H2,1H3. The molecule has 0 bridgehead atoms. The predicted molar refractivity (Wildman–Crippen MR) is 82.4 cm³/mol. The molecule has 3 nitrogen and oxygen atoms in total. The first-order chi connectivity index (χ1) is 9.86. The highest BCUT2D eigenvalue weighted by atomic mass is 32.1. The van der Waals surface area contributed by atoms with Crippen LogP contribution in [0.1, 0.15) is 17.5 Å². The molecule has 0 aliphatic carbocycles. The van der Waals surface area contributed by atoms with Crippen LogP contribution in [0.25, 0.3) is 0 Å². The number of aromatic nitrogens is 1. The minimum atomic E-state index is 0.430. The summed E-state index contributed by atoms with van der Waals surface area (Å²) in [6.45, 7) is 3.93. The molecule has 0 fully saturated rings. The molecule has 106 valence electrons. The SMILES string of the molecule is CCNC(Cc1nccs1)C1COc2ccccc2C1. The van der Waals surface area contributed by atoms with Crippen LogP contribution in [0, 0.1) is 5.92 Å². The van der Waals surface area contributed by atoms with Gasteiger partial charge in [0.05, 0.1) is 11.6 Å². The van der Waals surface area contributed by atoms with Gasteiger partial charge in [0, 0.05) is 30.0 Å². The lowest BCUT2D eigenvalue weighted by molar-refractivity contribution is 0.184. The van der Waals surface area contributed by atoms with Crippen LogP contribution in [0.2, 0.25) is 0 Å². The van der Waals surface area contributed by atoms with Crippen molar-refractivity contribution in [2.24, 2.45) is 5.92 Å². The Balaban J connectivity index is 1.72. The van der Waals surface area contributed by atoms with E-state index in [1.807, 2.05) is 17.6 Å². The lowest BCUT2D eigenvalue weighted by atomic mass is 9.89. The number of hydrogen-bond acceptors (Lipinski definition) is 4. The molecule has 2 atom stereocenters. The Morgan fingerprint density at radius 3 is 3.15 bits per heavy atom. The van der Waals surface area contributed by atoms with Gasteiger partial charge in [0.25, 0.3) is 0 Å². The second-order valence-corrected chi connectivity index (χ2v) is 6.16. The molecule has 0 saturated carbocycles. The molecule has 1 N–H and O–H groups in total. The molecule has 1 aromatic carbocycles. The molecule has 2 heterocycles. The van der Waals surface area contributed by atoms with E-state index in [1.54, 1.807) is 11.3 Å². The molecule has 0 amide bonds. The van der Waals surface area contributed by atoms with Gasteiger partial charge in [0.1, 0.15) is 5.75 Å². The second kappa shape index (κ2) is 6.37. The van der Waals surface area contributed by atoms with Gasteiger partial charge < -0.3 is 10.1 Å².